The Bertz CT molecular complexity index is 736. The van der Waals surface area contributed by atoms with E-state index in [4.69, 9.17) is 14.2 Å². The van der Waals surface area contributed by atoms with Crippen LogP contribution in [0.3, 0.4) is 0 Å². The first-order valence-electron chi connectivity index (χ1n) is 11.2. The molecule has 0 radical (unpaired) electrons. The Morgan fingerprint density at radius 2 is 2.07 bits per heavy atom. The van der Waals surface area contributed by atoms with Crippen molar-refractivity contribution in [2.24, 2.45) is 0 Å². The molecule has 2 heterocycles. The highest BCUT2D eigenvalue weighted by Crippen LogP contribution is 2.46. The number of rotatable bonds is 5. The van der Waals surface area contributed by atoms with E-state index in [-0.39, 0.29) is 30.0 Å². The predicted octanol–water partition coefficient (Wildman–Crippen LogP) is 3.63. The SMILES string of the molecule is COCCOC(=O)NC1CCCCC(N2CCC3(CC2)COc2ccc(F)cc23)C1. The zero-order valence-corrected chi connectivity index (χ0v) is 17.8. The number of benzene rings is 1. The fourth-order valence-corrected chi connectivity index (χ4v) is 5.29. The molecule has 1 amide bonds. The number of halogens is 1. The molecule has 1 spiro atoms. The predicted molar refractivity (Wildman–Crippen MR) is 111 cm³/mol. The molecule has 30 heavy (non-hydrogen) atoms. The van der Waals surface area contributed by atoms with E-state index in [1.807, 2.05) is 0 Å². The number of fused-ring (bicyclic) bond motifs is 2. The van der Waals surface area contributed by atoms with E-state index < -0.39 is 0 Å². The van der Waals surface area contributed by atoms with E-state index in [1.54, 1.807) is 19.2 Å². The van der Waals surface area contributed by atoms with Gasteiger partial charge in [0, 0.05) is 30.2 Å². The molecule has 2 atom stereocenters. The van der Waals surface area contributed by atoms with Crippen molar-refractivity contribution < 1.29 is 23.4 Å². The molecule has 0 bridgehead atoms. The average Bonchev–Trinajstić information content (AvgIpc) is 2.92. The van der Waals surface area contributed by atoms with Gasteiger partial charge in [0.15, 0.2) is 0 Å². The summed E-state index contributed by atoms with van der Waals surface area (Å²) in [7, 11) is 1.59. The highest BCUT2D eigenvalue weighted by atomic mass is 19.1. The molecule has 7 heteroatoms. The van der Waals surface area contributed by atoms with Crippen molar-refractivity contribution in [3.8, 4) is 5.75 Å². The highest BCUT2D eigenvalue weighted by Gasteiger charge is 2.44. The zero-order chi connectivity index (χ0) is 21.0. The molecule has 1 aromatic rings. The fourth-order valence-electron chi connectivity index (χ4n) is 5.29. The van der Waals surface area contributed by atoms with Crippen LogP contribution in [-0.4, -0.2) is 63.1 Å². The third kappa shape index (κ3) is 4.72. The number of nitrogens with zero attached hydrogens (tertiary/aromatic N) is 1. The van der Waals surface area contributed by atoms with Crippen molar-refractivity contribution in [1.29, 1.82) is 0 Å². The second kappa shape index (κ2) is 9.52. The fraction of sp³-hybridized carbons (Fsp3) is 0.696. The van der Waals surface area contributed by atoms with E-state index in [0.29, 0.717) is 19.3 Å². The maximum absolute atomic E-state index is 13.8. The molecule has 1 aromatic carbocycles. The van der Waals surface area contributed by atoms with Gasteiger partial charge in [-0.25, -0.2) is 9.18 Å². The van der Waals surface area contributed by atoms with Crippen LogP contribution in [0.5, 0.6) is 5.75 Å². The van der Waals surface area contributed by atoms with E-state index >= 15 is 0 Å². The van der Waals surface area contributed by atoms with Gasteiger partial charge in [-0.1, -0.05) is 12.8 Å². The number of piperidine rings is 1. The van der Waals surface area contributed by atoms with Gasteiger partial charge in [0.25, 0.3) is 0 Å². The van der Waals surface area contributed by atoms with E-state index in [0.717, 1.165) is 62.9 Å². The molecular formula is C23H33FN2O4. The van der Waals surface area contributed by atoms with Crippen LogP contribution in [0.2, 0.25) is 0 Å². The number of nitrogens with one attached hydrogen (secondary N) is 1. The summed E-state index contributed by atoms with van der Waals surface area (Å²) in [6.45, 7) is 3.30. The van der Waals surface area contributed by atoms with E-state index in [1.165, 1.54) is 12.5 Å². The summed E-state index contributed by atoms with van der Waals surface area (Å²) in [6, 6.07) is 5.51. The van der Waals surface area contributed by atoms with Crippen molar-refractivity contribution in [3.63, 3.8) is 0 Å². The molecular weight excluding hydrogens is 387 g/mol. The monoisotopic (exact) mass is 420 g/mol. The number of methoxy groups -OCH3 is 1. The molecule has 6 nitrogen and oxygen atoms in total. The van der Waals surface area contributed by atoms with Gasteiger partial charge in [-0.05, 0) is 63.4 Å². The summed E-state index contributed by atoms with van der Waals surface area (Å²) in [4.78, 5) is 14.6. The molecule has 2 unspecified atom stereocenters. The first-order valence-corrected chi connectivity index (χ1v) is 11.2. The number of hydrogen-bond acceptors (Lipinski definition) is 5. The second-order valence-electron chi connectivity index (χ2n) is 8.89. The van der Waals surface area contributed by atoms with Crippen LogP contribution in [0.25, 0.3) is 0 Å². The van der Waals surface area contributed by atoms with Gasteiger partial charge in [-0.15, -0.1) is 0 Å². The van der Waals surface area contributed by atoms with Crippen molar-refractivity contribution in [2.45, 2.75) is 62.4 Å². The molecule has 1 saturated heterocycles. The van der Waals surface area contributed by atoms with Gasteiger partial charge in [0.05, 0.1) is 13.2 Å². The Morgan fingerprint density at radius 3 is 2.87 bits per heavy atom. The quantitative estimate of drug-likeness (QED) is 0.582. The molecule has 166 valence electrons. The number of carbonyl (C=O) groups is 1. The van der Waals surface area contributed by atoms with Gasteiger partial charge < -0.3 is 24.4 Å². The molecule has 1 N–H and O–H groups in total. The Balaban J connectivity index is 1.33. The average molecular weight is 421 g/mol. The smallest absolute Gasteiger partial charge is 0.407 e. The lowest BCUT2D eigenvalue weighted by atomic mass is 9.74. The summed E-state index contributed by atoms with van der Waals surface area (Å²) < 4.78 is 29.8. The Labute approximate surface area is 178 Å². The molecule has 2 fully saturated rings. The lowest BCUT2D eigenvalue weighted by Crippen LogP contribution is -2.49. The van der Waals surface area contributed by atoms with Crippen LogP contribution in [-0.2, 0) is 14.9 Å². The lowest BCUT2D eigenvalue weighted by molar-refractivity contribution is 0.0835. The van der Waals surface area contributed by atoms with Crippen LogP contribution >= 0.6 is 0 Å². The van der Waals surface area contributed by atoms with Gasteiger partial charge >= 0.3 is 6.09 Å². The van der Waals surface area contributed by atoms with Gasteiger partial charge in [-0.3, -0.25) is 0 Å². The van der Waals surface area contributed by atoms with Crippen molar-refractivity contribution in [2.75, 3.05) is 40.0 Å². The first-order chi connectivity index (χ1) is 14.6. The summed E-state index contributed by atoms with van der Waals surface area (Å²) in [5.74, 6) is 0.659. The number of amides is 1. The zero-order valence-electron chi connectivity index (χ0n) is 17.8. The summed E-state index contributed by atoms with van der Waals surface area (Å²) in [6.07, 6.45) is 7.03. The van der Waals surface area contributed by atoms with Crippen LogP contribution in [0.15, 0.2) is 18.2 Å². The number of hydrogen-bond donors (Lipinski definition) is 1. The number of carbonyl (C=O) groups excluding carboxylic acids is 1. The number of alkyl carbamates (subject to hydrolysis) is 1. The normalized spacial score (nSPS) is 25.9. The Kier molecular flexibility index (Phi) is 6.78. The van der Waals surface area contributed by atoms with Crippen LogP contribution in [0, 0.1) is 5.82 Å². The summed E-state index contributed by atoms with van der Waals surface area (Å²) in [5.41, 5.74) is 0.989. The highest BCUT2D eigenvalue weighted by molar-refractivity contribution is 5.67. The van der Waals surface area contributed by atoms with Crippen molar-refractivity contribution in [1.82, 2.24) is 10.2 Å². The number of ether oxygens (including phenoxy) is 3. The molecule has 1 aliphatic carbocycles. The van der Waals surface area contributed by atoms with Crippen LogP contribution < -0.4 is 10.1 Å². The molecule has 0 aromatic heterocycles. The molecule has 4 rings (SSSR count). The molecule has 3 aliphatic rings. The first kappa shape index (κ1) is 21.4. The summed E-state index contributed by atoms with van der Waals surface area (Å²) in [5, 5.41) is 3.05. The van der Waals surface area contributed by atoms with Gasteiger partial charge in [-0.2, -0.15) is 0 Å². The van der Waals surface area contributed by atoms with Gasteiger partial charge in [0.1, 0.15) is 18.2 Å². The van der Waals surface area contributed by atoms with Gasteiger partial charge in [0.2, 0.25) is 0 Å². The second-order valence-corrected chi connectivity index (χ2v) is 8.89. The maximum atomic E-state index is 13.8. The lowest BCUT2D eigenvalue weighted by Gasteiger charge is -2.42. The molecule has 1 saturated carbocycles. The third-order valence-corrected chi connectivity index (χ3v) is 7.03. The third-order valence-electron chi connectivity index (χ3n) is 7.03. The minimum atomic E-state index is -0.350. The molecule has 2 aliphatic heterocycles. The summed E-state index contributed by atoms with van der Waals surface area (Å²) >= 11 is 0. The standard InChI is InChI=1S/C23H33FN2O4/c1-28-12-13-29-22(27)25-18-4-2-3-5-19(15-18)26-10-8-23(9-11-26)16-30-21-7-6-17(24)14-20(21)23/h6-7,14,18-19H,2-5,8-13,15-16H2,1H3,(H,25,27). The van der Waals surface area contributed by atoms with Crippen LogP contribution in [0.1, 0.15) is 50.5 Å². The minimum absolute atomic E-state index is 0.0541. The van der Waals surface area contributed by atoms with Crippen molar-refractivity contribution in [3.05, 3.63) is 29.6 Å². The van der Waals surface area contributed by atoms with Crippen LogP contribution in [0.4, 0.5) is 9.18 Å². The maximum Gasteiger partial charge on any atom is 0.407 e. The van der Waals surface area contributed by atoms with E-state index in [2.05, 4.69) is 10.2 Å². The minimum Gasteiger partial charge on any atom is -0.492 e. The number of likely N-dealkylation sites (tertiary alicyclic amines) is 1. The topological polar surface area (TPSA) is 60.0 Å². The van der Waals surface area contributed by atoms with Crippen molar-refractivity contribution >= 4 is 6.09 Å². The largest absolute Gasteiger partial charge is 0.492 e. The Morgan fingerprint density at radius 1 is 1.27 bits per heavy atom. The Hall–Kier alpha value is -1.86. The van der Waals surface area contributed by atoms with E-state index in [9.17, 15) is 9.18 Å².